The second kappa shape index (κ2) is 12.8. The van der Waals surface area contributed by atoms with Gasteiger partial charge in [0.25, 0.3) is 0 Å². The Morgan fingerprint density at radius 2 is 1.71 bits per heavy atom. The molecule has 1 heterocycles. The Hall–Kier alpha value is -4.32. The first-order chi connectivity index (χ1) is 17.9. The zero-order chi connectivity index (χ0) is 26.4. The van der Waals surface area contributed by atoms with E-state index in [1.807, 2.05) is 55.4 Å². The van der Waals surface area contributed by atoms with E-state index in [9.17, 15) is 9.59 Å². The molecule has 196 valence electrons. The van der Waals surface area contributed by atoms with Crippen LogP contribution >= 0.6 is 12.4 Å². The molecule has 38 heavy (non-hydrogen) atoms. The minimum atomic E-state index is -0.617. The predicted octanol–water partition coefficient (Wildman–Crippen LogP) is 5.62. The summed E-state index contributed by atoms with van der Waals surface area (Å²) in [5.41, 5.74) is 2.60. The van der Waals surface area contributed by atoms with Gasteiger partial charge in [0.2, 0.25) is 0 Å². The van der Waals surface area contributed by atoms with E-state index >= 15 is 0 Å². The molecule has 0 fully saturated rings. The Balaban J connectivity index is 0.00000400. The van der Waals surface area contributed by atoms with E-state index in [4.69, 9.17) is 23.9 Å². The van der Waals surface area contributed by atoms with E-state index in [-0.39, 0.29) is 31.2 Å². The molecule has 0 bridgehead atoms. The summed E-state index contributed by atoms with van der Waals surface area (Å²) < 4.78 is 22.7. The van der Waals surface area contributed by atoms with Crippen LogP contribution in [0.5, 0.6) is 11.5 Å². The van der Waals surface area contributed by atoms with Gasteiger partial charge in [0, 0.05) is 23.1 Å². The molecule has 4 aromatic rings. The smallest absolute Gasteiger partial charge is 0.349 e. The number of esters is 2. The quantitative estimate of drug-likeness (QED) is 0.201. The van der Waals surface area contributed by atoms with Gasteiger partial charge in [0.15, 0.2) is 6.61 Å². The van der Waals surface area contributed by atoms with Crippen molar-refractivity contribution in [2.45, 2.75) is 13.5 Å². The zero-order valence-electron chi connectivity index (χ0n) is 21.2. The summed E-state index contributed by atoms with van der Waals surface area (Å²) in [6, 6.07) is 21.1. The highest BCUT2D eigenvalue weighted by Gasteiger charge is 2.28. The minimum absolute atomic E-state index is 0. The molecule has 0 radical (unpaired) electrons. The standard InChI is InChI=1S/C29H26N2O6.ClH/c1-4-34-29(33)27-26-22(17-31(2)3)23(14-15-24(26)37-28(27)20-8-6-5-7-9-20)36-25(32)18-35-21-12-10-19(16-30)11-13-21;/h5-15H,4,17-18H2,1-3H3;1H. The fourth-order valence-electron chi connectivity index (χ4n) is 3.92. The van der Waals surface area contributed by atoms with Gasteiger partial charge >= 0.3 is 11.9 Å². The number of hydrogen-bond acceptors (Lipinski definition) is 8. The molecule has 3 aromatic carbocycles. The van der Waals surface area contributed by atoms with Gasteiger partial charge in [0.05, 0.1) is 18.2 Å². The Bertz CT molecular complexity index is 1460. The average molecular weight is 535 g/mol. The predicted molar refractivity (Wildman–Crippen MR) is 145 cm³/mol. The Morgan fingerprint density at radius 1 is 1.00 bits per heavy atom. The topological polar surface area (TPSA) is 102 Å². The lowest BCUT2D eigenvalue weighted by Gasteiger charge is -2.16. The monoisotopic (exact) mass is 534 g/mol. The van der Waals surface area contributed by atoms with Gasteiger partial charge in [-0.3, -0.25) is 0 Å². The number of nitriles is 1. The van der Waals surface area contributed by atoms with Gasteiger partial charge in [-0.1, -0.05) is 30.3 Å². The highest BCUT2D eigenvalue weighted by atomic mass is 35.5. The maximum atomic E-state index is 13.1. The van der Waals surface area contributed by atoms with Crippen molar-refractivity contribution in [3.8, 4) is 28.9 Å². The summed E-state index contributed by atoms with van der Waals surface area (Å²) in [5.74, 6) is -0.0185. The van der Waals surface area contributed by atoms with Crippen LogP contribution in [0.1, 0.15) is 28.4 Å². The lowest BCUT2D eigenvalue weighted by Crippen LogP contribution is -2.20. The first kappa shape index (κ1) is 28.3. The van der Waals surface area contributed by atoms with Crippen LogP contribution in [0.2, 0.25) is 0 Å². The molecule has 8 nitrogen and oxygen atoms in total. The molecule has 9 heteroatoms. The van der Waals surface area contributed by atoms with Crippen molar-refractivity contribution in [1.29, 1.82) is 5.26 Å². The number of nitrogens with zero attached hydrogens (tertiary/aromatic N) is 2. The molecule has 0 saturated carbocycles. The zero-order valence-corrected chi connectivity index (χ0v) is 22.0. The molecule has 0 N–H and O–H groups in total. The molecular formula is C29H27ClN2O6. The third-order valence-electron chi connectivity index (χ3n) is 5.47. The van der Waals surface area contributed by atoms with Crippen LogP contribution in [0.4, 0.5) is 0 Å². The fourth-order valence-corrected chi connectivity index (χ4v) is 3.92. The maximum Gasteiger partial charge on any atom is 0.349 e. The van der Waals surface area contributed by atoms with Crippen LogP contribution in [0.25, 0.3) is 22.3 Å². The van der Waals surface area contributed by atoms with Crippen LogP contribution in [0.15, 0.2) is 71.1 Å². The highest BCUT2D eigenvalue weighted by Crippen LogP contribution is 2.40. The number of carbonyl (C=O) groups is 2. The molecule has 4 rings (SSSR count). The first-order valence-corrected chi connectivity index (χ1v) is 11.7. The van der Waals surface area contributed by atoms with Gasteiger partial charge in [-0.05, 0) is 57.4 Å². The minimum Gasteiger partial charge on any atom is -0.482 e. The van der Waals surface area contributed by atoms with Crippen molar-refractivity contribution in [3.63, 3.8) is 0 Å². The van der Waals surface area contributed by atoms with Gasteiger partial charge in [0.1, 0.15) is 28.4 Å². The number of hydrogen-bond donors (Lipinski definition) is 0. The summed E-state index contributed by atoms with van der Waals surface area (Å²) in [6.45, 7) is 1.97. The summed E-state index contributed by atoms with van der Waals surface area (Å²) in [7, 11) is 3.75. The first-order valence-electron chi connectivity index (χ1n) is 11.7. The number of ether oxygens (including phenoxy) is 3. The van der Waals surface area contributed by atoms with Crippen molar-refractivity contribution < 1.29 is 28.2 Å². The number of halogens is 1. The largest absolute Gasteiger partial charge is 0.482 e. The molecule has 0 aliphatic carbocycles. The lowest BCUT2D eigenvalue weighted by molar-refractivity contribution is -0.136. The second-order valence-electron chi connectivity index (χ2n) is 8.44. The van der Waals surface area contributed by atoms with Crippen LogP contribution in [0, 0.1) is 11.3 Å². The molecule has 0 spiro atoms. The number of benzene rings is 3. The Morgan fingerprint density at radius 3 is 2.34 bits per heavy atom. The van der Waals surface area contributed by atoms with Gasteiger partial charge in [-0.15, -0.1) is 12.4 Å². The molecule has 0 saturated heterocycles. The van der Waals surface area contributed by atoms with E-state index in [1.165, 1.54) is 0 Å². The third kappa shape index (κ3) is 6.32. The Kier molecular flexibility index (Phi) is 9.49. The van der Waals surface area contributed by atoms with Gasteiger partial charge in [-0.25, -0.2) is 9.59 Å². The van der Waals surface area contributed by atoms with Crippen molar-refractivity contribution >= 4 is 35.3 Å². The summed E-state index contributed by atoms with van der Waals surface area (Å²) in [4.78, 5) is 27.8. The molecule has 0 amide bonds. The van der Waals surface area contributed by atoms with Crippen LogP contribution in [0.3, 0.4) is 0 Å². The Labute approximate surface area is 226 Å². The number of fused-ring (bicyclic) bond motifs is 1. The van der Waals surface area contributed by atoms with Crippen LogP contribution < -0.4 is 9.47 Å². The van der Waals surface area contributed by atoms with E-state index in [1.54, 1.807) is 43.3 Å². The lowest BCUT2D eigenvalue weighted by atomic mass is 10.0. The molecular weight excluding hydrogens is 508 g/mol. The highest BCUT2D eigenvalue weighted by molar-refractivity contribution is 6.10. The molecule has 1 aromatic heterocycles. The van der Waals surface area contributed by atoms with Crippen molar-refractivity contribution in [1.82, 2.24) is 4.90 Å². The van der Waals surface area contributed by atoms with E-state index in [2.05, 4.69) is 0 Å². The van der Waals surface area contributed by atoms with Crippen molar-refractivity contribution in [2.75, 3.05) is 27.3 Å². The summed E-state index contributed by atoms with van der Waals surface area (Å²) in [5, 5.41) is 9.45. The molecule has 0 aliphatic rings. The summed E-state index contributed by atoms with van der Waals surface area (Å²) >= 11 is 0. The van der Waals surface area contributed by atoms with Gasteiger partial charge < -0.3 is 23.5 Å². The van der Waals surface area contributed by atoms with Crippen LogP contribution in [-0.4, -0.2) is 44.1 Å². The van der Waals surface area contributed by atoms with Crippen LogP contribution in [-0.2, 0) is 16.1 Å². The number of rotatable bonds is 9. The maximum absolute atomic E-state index is 13.1. The average Bonchev–Trinajstić information content (AvgIpc) is 3.30. The van der Waals surface area contributed by atoms with Gasteiger partial charge in [-0.2, -0.15) is 5.26 Å². The van der Waals surface area contributed by atoms with Crippen molar-refractivity contribution in [2.24, 2.45) is 0 Å². The number of carbonyl (C=O) groups excluding carboxylic acids is 2. The molecule has 0 unspecified atom stereocenters. The van der Waals surface area contributed by atoms with Crippen molar-refractivity contribution in [3.05, 3.63) is 83.4 Å². The molecule has 0 aliphatic heterocycles. The fraction of sp³-hybridized carbons (Fsp3) is 0.207. The van der Waals surface area contributed by atoms with E-state index < -0.39 is 11.9 Å². The SMILES string of the molecule is CCOC(=O)c1c(-c2ccccc2)oc2ccc(OC(=O)COc3ccc(C#N)cc3)c(CN(C)C)c12.Cl. The van der Waals surface area contributed by atoms with E-state index in [0.717, 1.165) is 5.56 Å². The van der Waals surface area contributed by atoms with E-state index in [0.29, 0.717) is 45.9 Å². The normalized spacial score (nSPS) is 10.5. The number of furan rings is 1. The third-order valence-corrected chi connectivity index (χ3v) is 5.47. The molecule has 0 atom stereocenters. The summed E-state index contributed by atoms with van der Waals surface area (Å²) in [6.07, 6.45) is 0. The second-order valence-corrected chi connectivity index (χ2v) is 8.44.